The summed E-state index contributed by atoms with van der Waals surface area (Å²) >= 11 is 0. The van der Waals surface area contributed by atoms with Crippen molar-refractivity contribution in [2.24, 2.45) is 0 Å². The van der Waals surface area contributed by atoms with Crippen molar-refractivity contribution >= 4 is 5.91 Å². The number of morpholine rings is 1. The van der Waals surface area contributed by atoms with Gasteiger partial charge in [-0.05, 0) is 39.8 Å². The molecule has 2 heterocycles. The Hall–Kier alpha value is -2.14. The molecule has 0 spiro atoms. The molecule has 1 amide bonds. The van der Waals surface area contributed by atoms with E-state index in [1.165, 1.54) is 0 Å². The Kier molecular flexibility index (Phi) is 4.45. The molecular formula is C19H25N3O2. The van der Waals surface area contributed by atoms with E-state index in [0.29, 0.717) is 26.2 Å². The van der Waals surface area contributed by atoms with Crippen LogP contribution < -0.4 is 0 Å². The van der Waals surface area contributed by atoms with Crippen LogP contribution in [0.5, 0.6) is 0 Å². The van der Waals surface area contributed by atoms with Crippen molar-refractivity contribution in [2.75, 3.05) is 19.8 Å². The third-order valence-corrected chi connectivity index (χ3v) is 4.72. The van der Waals surface area contributed by atoms with Crippen LogP contribution in [0.4, 0.5) is 0 Å². The molecule has 0 atom stereocenters. The van der Waals surface area contributed by atoms with Gasteiger partial charge >= 0.3 is 0 Å². The van der Waals surface area contributed by atoms with Gasteiger partial charge in [-0.15, -0.1) is 0 Å². The van der Waals surface area contributed by atoms with E-state index in [9.17, 15) is 4.79 Å². The van der Waals surface area contributed by atoms with Gasteiger partial charge in [-0.3, -0.25) is 4.79 Å². The molecule has 5 nitrogen and oxygen atoms in total. The highest BCUT2D eigenvalue weighted by molar-refractivity contribution is 5.80. The van der Waals surface area contributed by atoms with Gasteiger partial charge in [-0.25, -0.2) is 4.68 Å². The molecule has 1 aromatic carbocycles. The fourth-order valence-electron chi connectivity index (χ4n) is 3.32. The summed E-state index contributed by atoms with van der Waals surface area (Å²) in [5.74, 6) is 0.141. The highest BCUT2D eigenvalue weighted by atomic mass is 16.5. The molecule has 24 heavy (non-hydrogen) atoms. The second kappa shape index (κ2) is 6.40. The maximum atomic E-state index is 12.9. The van der Waals surface area contributed by atoms with Gasteiger partial charge < -0.3 is 9.64 Å². The van der Waals surface area contributed by atoms with Crippen molar-refractivity contribution < 1.29 is 9.53 Å². The number of hydrogen-bond acceptors (Lipinski definition) is 3. The van der Waals surface area contributed by atoms with Crippen LogP contribution in [0, 0.1) is 13.8 Å². The standard InChI is InChI=1S/C19H25N3O2/c1-14-17(12-18(23)21-10-11-24-13-19(21,3)4)15(2)22(20-14)16-8-6-5-7-9-16/h5-9H,10-13H2,1-4H3. The first-order chi connectivity index (χ1) is 11.4. The lowest BCUT2D eigenvalue weighted by Gasteiger charge is -2.42. The summed E-state index contributed by atoms with van der Waals surface area (Å²) in [6, 6.07) is 10.0. The van der Waals surface area contributed by atoms with Gasteiger partial charge in [-0.2, -0.15) is 5.10 Å². The highest BCUT2D eigenvalue weighted by Crippen LogP contribution is 2.23. The smallest absolute Gasteiger partial charge is 0.227 e. The Bertz CT molecular complexity index is 735. The number of benzene rings is 1. The van der Waals surface area contributed by atoms with E-state index in [-0.39, 0.29) is 11.4 Å². The molecule has 2 aromatic rings. The molecule has 0 aliphatic carbocycles. The topological polar surface area (TPSA) is 47.4 Å². The van der Waals surface area contributed by atoms with Crippen LogP contribution in [0.3, 0.4) is 0 Å². The average Bonchev–Trinajstić information content (AvgIpc) is 2.83. The lowest BCUT2D eigenvalue weighted by Crippen LogP contribution is -2.56. The van der Waals surface area contributed by atoms with Crippen LogP contribution in [0.1, 0.15) is 30.8 Å². The number of ether oxygens (including phenoxy) is 1. The summed E-state index contributed by atoms with van der Waals surface area (Å²) in [5, 5.41) is 4.64. The second-order valence-corrected chi connectivity index (χ2v) is 6.98. The number of aromatic nitrogens is 2. The van der Waals surface area contributed by atoms with Gasteiger partial charge in [-0.1, -0.05) is 18.2 Å². The minimum absolute atomic E-state index is 0.141. The largest absolute Gasteiger partial charge is 0.377 e. The van der Waals surface area contributed by atoms with Crippen molar-refractivity contribution in [3.63, 3.8) is 0 Å². The van der Waals surface area contributed by atoms with E-state index in [0.717, 1.165) is 22.6 Å². The van der Waals surface area contributed by atoms with E-state index >= 15 is 0 Å². The zero-order valence-corrected chi connectivity index (χ0v) is 14.9. The lowest BCUT2D eigenvalue weighted by atomic mass is 10.0. The number of hydrogen-bond donors (Lipinski definition) is 0. The van der Waals surface area contributed by atoms with E-state index < -0.39 is 0 Å². The quantitative estimate of drug-likeness (QED) is 0.871. The second-order valence-electron chi connectivity index (χ2n) is 6.98. The summed E-state index contributed by atoms with van der Waals surface area (Å²) in [5.41, 5.74) is 3.72. The summed E-state index contributed by atoms with van der Waals surface area (Å²) < 4.78 is 7.43. The molecule has 1 fully saturated rings. The number of nitrogens with zero attached hydrogens (tertiary/aromatic N) is 3. The molecule has 1 aliphatic rings. The fraction of sp³-hybridized carbons (Fsp3) is 0.474. The third-order valence-electron chi connectivity index (χ3n) is 4.72. The van der Waals surface area contributed by atoms with Crippen LogP contribution in [-0.4, -0.2) is 45.9 Å². The number of aryl methyl sites for hydroxylation is 1. The Morgan fingerprint density at radius 2 is 1.96 bits per heavy atom. The molecule has 0 radical (unpaired) electrons. The van der Waals surface area contributed by atoms with Gasteiger partial charge in [0.1, 0.15) is 0 Å². The van der Waals surface area contributed by atoms with Crippen molar-refractivity contribution in [2.45, 2.75) is 39.7 Å². The summed E-state index contributed by atoms with van der Waals surface area (Å²) in [6.45, 7) is 9.95. The predicted molar refractivity (Wildman–Crippen MR) is 93.4 cm³/mol. The van der Waals surface area contributed by atoms with Gasteiger partial charge in [0.15, 0.2) is 0 Å². The Morgan fingerprint density at radius 1 is 1.25 bits per heavy atom. The number of carbonyl (C=O) groups excluding carboxylic acids is 1. The van der Waals surface area contributed by atoms with Crippen LogP contribution in [-0.2, 0) is 16.0 Å². The van der Waals surface area contributed by atoms with Crippen LogP contribution in [0.2, 0.25) is 0 Å². The molecule has 0 bridgehead atoms. The minimum atomic E-state index is -0.257. The number of rotatable bonds is 3. The molecule has 0 N–H and O–H groups in total. The van der Waals surface area contributed by atoms with Gasteiger partial charge in [0.05, 0.1) is 36.6 Å². The Labute approximate surface area is 143 Å². The highest BCUT2D eigenvalue weighted by Gasteiger charge is 2.34. The molecule has 1 saturated heterocycles. The van der Waals surface area contributed by atoms with Crippen molar-refractivity contribution in [3.05, 3.63) is 47.3 Å². The maximum absolute atomic E-state index is 12.9. The molecule has 0 unspecified atom stereocenters. The van der Waals surface area contributed by atoms with E-state index in [1.54, 1.807) is 0 Å². The first kappa shape index (κ1) is 16.7. The zero-order chi connectivity index (χ0) is 17.3. The first-order valence-electron chi connectivity index (χ1n) is 8.39. The minimum Gasteiger partial charge on any atom is -0.377 e. The fourth-order valence-corrected chi connectivity index (χ4v) is 3.32. The lowest BCUT2D eigenvalue weighted by molar-refractivity contribution is -0.145. The molecule has 5 heteroatoms. The normalized spacial score (nSPS) is 17.1. The van der Waals surface area contributed by atoms with Crippen molar-refractivity contribution in [3.8, 4) is 5.69 Å². The molecule has 3 rings (SSSR count). The molecule has 0 saturated carbocycles. The van der Waals surface area contributed by atoms with Gasteiger partial charge in [0.25, 0.3) is 0 Å². The summed E-state index contributed by atoms with van der Waals surface area (Å²) in [6.07, 6.45) is 0.383. The molecule has 1 aromatic heterocycles. The molecule has 128 valence electrons. The monoisotopic (exact) mass is 327 g/mol. The SMILES string of the molecule is Cc1nn(-c2ccccc2)c(C)c1CC(=O)N1CCOCC1(C)C. The summed E-state index contributed by atoms with van der Waals surface area (Å²) in [7, 11) is 0. The van der Waals surface area contributed by atoms with E-state index in [1.807, 2.05) is 53.8 Å². The van der Waals surface area contributed by atoms with Crippen molar-refractivity contribution in [1.82, 2.24) is 14.7 Å². The van der Waals surface area contributed by atoms with Gasteiger partial charge in [0.2, 0.25) is 5.91 Å². The third kappa shape index (κ3) is 3.08. The first-order valence-corrected chi connectivity index (χ1v) is 8.39. The van der Waals surface area contributed by atoms with Crippen LogP contribution in [0.15, 0.2) is 30.3 Å². The van der Waals surface area contributed by atoms with E-state index in [4.69, 9.17) is 4.74 Å². The number of amides is 1. The summed E-state index contributed by atoms with van der Waals surface area (Å²) in [4.78, 5) is 14.8. The van der Waals surface area contributed by atoms with Gasteiger partial charge in [0, 0.05) is 17.8 Å². The molecule has 1 aliphatic heterocycles. The maximum Gasteiger partial charge on any atom is 0.227 e. The van der Waals surface area contributed by atoms with Crippen LogP contribution in [0.25, 0.3) is 5.69 Å². The van der Waals surface area contributed by atoms with E-state index in [2.05, 4.69) is 18.9 Å². The van der Waals surface area contributed by atoms with Crippen molar-refractivity contribution in [1.29, 1.82) is 0 Å². The number of para-hydroxylation sites is 1. The number of carbonyl (C=O) groups is 1. The predicted octanol–water partition coefficient (Wildman–Crippen LogP) is 2.67. The van der Waals surface area contributed by atoms with Crippen LogP contribution >= 0.6 is 0 Å². The average molecular weight is 327 g/mol. The zero-order valence-electron chi connectivity index (χ0n) is 14.9. The Morgan fingerprint density at radius 3 is 2.62 bits per heavy atom. The molecular weight excluding hydrogens is 302 g/mol. The Balaban J connectivity index is 1.86.